The van der Waals surface area contributed by atoms with Crippen LogP contribution in [-0.2, 0) is 4.79 Å². The zero-order valence-corrected chi connectivity index (χ0v) is 24.1. The van der Waals surface area contributed by atoms with E-state index in [0.29, 0.717) is 5.78 Å². The lowest BCUT2D eigenvalue weighted by molar-refractivity contribution is -0.119. The van der Waals surface area contributed by atoms with Crippen molar-refractivity contribution in [3.63, 3.8) is 0 Å². The lowest BCUT2D eigenvalue weighted by Crippen LogP contribution is -1.97. The molecule has 1 heteroatoms. The second-order valence-electron chi connectivity index (χ2n) is 11.2. The Morgan fingerprint density at radius 3 is 0.676 bits per heavy atom. The van der Waals surface area contributed by atoms with Gasteiger partial charge in [0.1, 0.15) is 5.78 Å². The maximum atomic E-state index is 12.0. The van der Waals surface area contributed by atoms with Crippen LogP contribution in [0, 0.1) is 0 Å². The van der Waals surface area contributed by atoms with Gasteiger partial charge in [-0.3, -0.25) is 4.79 Å². The van der Waals surface area contributed by atoms with Crippen LogP contribution in [0.25, 0.3) is 0 Å². The van der Waals surface area contributed by atoms with E-state index in [-0.39, 0.29) is 0 Å². The van der Waals surface area contributed by atoms with Crippen molar-refractivity contribution in [1.29, 1.82) is 0 Å². The topological polar surface area (TPSA) is 17.1 Å². The number of ketones is 1. The highest BCUT2D eigenvalue weighted by Gasteiger charge is 2.02. The first-order valence-electron chi connectivity index (χ1n) is 16.3. The monoisotopic (exact) mass is 479 g/mol. The molecule has 0 radical (unpaired) electrons. The molecule has 0 fully saturated rings. The molecule has 204 valence electrons. The van der Waals surface area contributed by atoms with Gasteiger partial charge < -0.3 is 0 Å². The third-order valence-corrected chi connectivity index (χ3v) is 7.62. The molecule has 0 aromatic heterocycles. The second-order valence-corrected chi connectivity index (χ2v) is 11.2. The average molecular weight is 479 g/mol. The predicted octanol–water partition coefficient (Wildman–Crippen LogP) is 12.3. The zero-order valence-electron chi connectivity index (χ0n) is 24.1. The molecular formula is C33H66O. The van der Waals surface area contributed by atoms with E-state index in [1.54, 1.807) is 0 Å². The van der Waals surface area contributed by atoms with Gasteiger partial charge in [0.05, 0.1) is 0 Å². The first-order chi connectivity index (χ1) is 16.8. The summed E-state index contributed by atoms with van der Waals surface area (Å²) in [6.45, 7) is 4.57. The second kappa shape index (κ2) is 30.7. The molecule has 0 rings (SSSR count). The molecule has 0 aliphatic carbocycles. The van der Waals surface area contributed by atoms with Crippen LogP contribution in [0.2, 0.25) is 0 Å². The van der Waals surface area contributed by atoms with Gasteiger partial charge in [-0.1, -0.05) is 181 Å². The maximum absolute atomic E-state index is 12.0. The first kappa shape index (κ1) is 33.7. The smallest absolute Gasteiger partial charge is 0.132 e. The molecule has 0 aromatic rings. The van der Waals surface area contributed by atoms with Crippen LogP contribution in [0.15, 0.2) is 0 Å². The average Bonchev–Trinajstić information content (AvgIpc) is 2.84. The lowest BCUT2D eigenvalue weighted by atomic mass is 10.0. The highest BCUT2D eigenvalue weighted by molar-refractivity contribution is 5.78. The van der Waals surface area contributed by atoms with Crippen molar-refractivity contribution in [2.24, 2.45) is 0 Å². The first-order valence-corrected chi connectivity index (χ1v) is 16.3. The van der Waals surface area contributed by atoms with Crippen molar-refractivity contribution in [3.8, 4) is 0 Å². The van der Waals surface area contributed by atoms with E-state index in [9.17, 15) is 4.79 Å². The van der Waals surface area contributed by atoms with E-state index in [0.717, 1.165) is 25.7 Å². The molecule has 0 amide bonds. The standard InChI is InChI=1S/C33H66O/c1-3-5-7-9-11-13-14-15-16-17-18-19-20-21-22-24-26-28-30-32-33(34)31-29-27-25-23-12-10-8-6-4-2/h3-32H2,1-2H3. The number of Topliss-reactive ketones (excluding diaryl/α,β-unsaturated/α-hetero) is 1. The molecule has 0 unspecified atom stereocenters. The summed E-state index contributed by atoms with van der Waals surface area (Å²) in [5.41, 5.74) is 0. The van der Waals surface area contributed by atoms with Crippen LogP contribution >= 0.6 is 0 Å². The van der Waals surface area contributed by atoms with E-state index in [2.05, 4.69) is 13.8 Å². The zero-order chi connectivity index (χ0) is 24.8. The number of hydrogen-bond donors (Lipinski definition) is 0. The minimum absolute atomic E-state index is 0.523. The quantitative estimate of drug-likeness (QED) is 0.0938. The largest absolute Gasteiger partial charge is 0.300 e. The Morgan fingerprint density at radius 2 is 0.471 bits per heavy atom. The Morgan fingerprint density at radius 1 is 0.294 bits per heavy atom. The van der Waals surface area contributed by atoms with Gasteiger partial charge in [-0.15, -0.1) is 0 Å². The molecule has 0 atom stereocenters. The van der Waals surface area contributed by atoms with E-state index in [4.69, 9.17) is 0 Å². The van der Waals surface area contributed by atoms with Crippen LogP contribution in [0.4, 0.5) is 0 Å². The number of hydrogen-bond acceptors (Lipinski definition) is 1. The van der Waals surface area contributed by atoms with E-state index < -0.39 is 0 Å². The van der Waals surface area contributed by atoms with E-state index >= 15 is 0 Å². The van der Waals surface area contributed by atoms with Gasteiger partial charge in [0.25, 0.3) is 0 Å². The van der Waals surface area contributed by atoms with Crippen LogP contribution in [0.3, 0.4) is 0 Å². The highest BCUT2D eigenvalue weighted by atomic mass is 16.1. The molecule has 0 aliphatic rings. The molecular weight excluding hydrogens is 412 g/mol. The highest BCUT2D eigenvalue weighted by Crippen LogP contribution is 2.16. The van der Waals surface area contributed by atoms with Gasteiger partial charge in [0.15, 0.2) is 0 Å². The van der Waals surface area contributed by atoms with Crippen molar-refractivity contribution in [3.05, 3.63) is 0 Å². The molecule has 0 saturated heterocycles. The minimum Gasteiger partial charge on any atom is -0.300 e. The third kappa shape index (κ3) is 29.7. The number of carbonyl (C=O) groups is 1. The Bertz CT molecular complexity index is 375. The number of unbranched alkanes of at least 4 members (excludes halogenated alkanes) is 26. The fourth-order valence-corrected chi connectivity index (χ4v) is 5.16. The van der Waals surface area contributed by atoms with Crippen LogP contribution in [0.1, 0.15) is 206 Å². The fourth-order valence-electron chi connectivity index (χ4n) is 5.16. The van der Waals surface area contributed by atoms with Gasteiger partial charge in [-0.25, -0.2) is 0 Å². The molecule has 34 heavy (non-hydrogen) atoms. The Labute approximate surface area is 217 Å². The summed E-state index contributed by atoms with van der Waals surface area (Å²) in [5, 5.41) is 0. The minimum atomic E-state index is 0.523. The van der Waals surface area contributed by atoms with Crippen molar-refractivity contribution in [1.82, 2.24) is 0 Å². The van der Waals surface area contributed by atoms with Crippen LogP contribution < -0.4 is 0 Å². The number of rotatable bonds is 30. The van der Waals surface area contributed by atoms with Crippen molar-refractivity contribution < 1.29 is 4.79 Å². The van der Waals surface area contributed by atoms with E-state index in [1.807, 2.05) is 0 Å². The maximum Gasteiger partial charge on any atom is 0.132 e. The Balaban J connectivity index is 3.12. The predicted molar refractivity (Wildman–Crippen MR) is 155 cm³/mol. The van der Waals surface area contributed by atoms with Gasteiger partial charge in [-0.05, 0) is 12.8 Å². The van der Waals surface area contributed by atoms with Crippen molar-refractivity contribution in [2.45, 2.75) is 206 Å². The summed E-state index contributed by atoms with van der Waals surface area (Å²) in [5.74, 6) is 0.523. The molecule has 1 nitrogen and oxygen atoms in total. The fraction of sp³-hybridized carbons (Fsp3) is 0.970. The van der Waals surface area contributed by atoms with Gasteiger partial charge >= 0.3 is 0 Å². The molecule has 0 aromatic carbocycles. The Hall–Kier alpha value is -0.330. The van der Waals surface area contributed by atoms with Crippen LogP contribution in [-0.4, -0.2) is 5.78 Å². The summed E-state index contributed by atoms with van der Waals surface area (Å²) in [4.78, 5) is 12.0. The molecule has 0 heterocycles. The summed E-state index contributed by atoms with van der Waals surface area (Å²) in [7, 11) is 0. The Kier molecular flexibility index (Phi) is 30.4. The molecule has 0 spiro atoms. The SMILES string of the molecule is CCCCCCCCCCCCCCCCCCCCCC(=O)CCCCCCCCCCC. The van der Waals surface area contributed by atoms with Gasteiger partial charge in [0, 0.05) is 12.8 Å². The van der Waals surface area contributed by atoms with Gasteiger partial charge in [-0.2, -0.15) is 0 Å². The van der Waals surface area contributed by atoms with Crippen molar-refractivity contribution >= 4 is 5.78 Å². The summed E-state index contributed by atoms with van der Waals surface area (Å²) in [6.07, 6.45) is 40.5. The molecule has 0 aliphatic heterocycles. The van der Waals surface area contributed by atoms with E-state index in [1.165, 1.54) is 167 Å². The van der Waals surface area contributed by atoms with Crippen LogP contribution in [0.5, 0.6) is 0 Å². The normalized spacial score (nSPS) is 11.4. The summed E-state index contributed by atoms with van der Waals surface area (Å²) in [6, 6.07) is 0. The third-order valence-electron chi connectivity index (χ3n) is 7.62. The molecule has 0 saturated carbocycles. The number of carbonyl (C=O) groups excluding carboxylic acids is 1. The van der Waals surface area contributed by atoms with Gasteiger partial charge in [0.2, 0.25) is 0 Å². The summed E-state index contributed by atoms with van der Waals surface area (Å²) >= 11 is 0. The summed E-state index contributed by atoms with van der Waals surface area (Å²) < 4.78 is 0. The molecule has 0 N–H and O–H groups in total. The molecule has 0 bridgehead atoms. The lowest BCUT2D eigenvalue weighted by Gasteiger charge is -2.04. The van der Waals surface area contributed by atoms with Crippen molar-refractivity contribution in [2.75, 3.05) is 0 Å².